The molecule has 8 heteroatoms. The first kappa shape index (κ1) is 23.5. The van der Waals surface area contributed by atoms with E-state index in [2.05, 4.69) is 15.5 Å². The van der Waals surface area contributed by atoms with Crippen LogP contribution >= 0.6 is 0 Å². The molecule has 0 aromatic heterocycles. The highest BCUT2D eigenvalue weighted by Crippen LogP contribution is 2.27. The van der Waals surface area contributed by atoms with Crippen molar-refractivity contribution < 1.29 is 19.1 Å². The second kappa shape index (κ2) is 10.2. The Hall–Kier alpha value is -3.23. The number of carbonyl (C=O) groups excluding carboxylic acids is 3. The number of hydrogen-bond acceptors (Lipinski definition) is 5. The number of nitrogens with one attached hydrogen (secondary N) is 2. The van der Waals surface area contributed by atoms with Gasteiger partial charge in [0, 0.05) is 36.8 Å². The van der Waals surface area contributed by atoms with Crippen LogP contribution in [0.1, 0.15) is 26.2 Å². The van der Waals surface area contributed by atoms with Crippen molar-refractivity contribution >= 4 is 29.1 Å². The van der Waals surface area contributed by atoms with Crippen LogP contribution in [-0.2, 0) is 19.1 Å². The van der Waals surface area contributed by atoms with Gasteiger partial charge in [-0.15, -0.1) is 0 Å². The standard InChI is InChI=1S/C27H32N4O4/c1-18(30-12-4-5-13-30)26(33)29-21-8-10-22(11-9-21)31-17-19(14-25(31)32)16-28-27(34)24-15-20-6-2-3-7-23(20)35-24/h2-3,6-11,15,18-19,23-24H,4-5,12-14,16-17H2,1H3,(H,28,34)(H,29,33). The van der Waals surface area contributed by atoms with Crippen LogP contribution < -0.4 is 15.5 Å². The molecule has 0 saturated carbocycles. The first-order chi connectivity index (χ1) is 17.0. The normalized spacial score (nSPS) is 26.5. The first-order valence-corrected chi connectivity index (χ1v) is 12.4. The molecular formula is C27H32N4O4. The number of likely N-dealkylation sites (tertiary alicyclic amines) is 1. The maximum Gasteiger partial charge on any atom is 0.253 e. The first-order valence-electron chi connectivity index (χ1n) is 12.4. The molecule has 2 saturated heterocycles. The average molecular weight is 477 g/mol. The van der Waals surface area contributed by atoms with E-state index in [0.717, 1.165) is 42.9 Å². The molecule has 3 amide bonds. The van der Waals surface area contributed by atoms with Crippen molar-refractivity contribution in [3.05, 3.63) is 60.2 Å². The van der Waals surface area contributed by atoms with Crippen molar-refractivity contribution in [3.63, 3.8) is 0 Å². The summed E-state index contributed by atoms with van der Waals surface area (Å²) in [4.78, 5) is 41.7. The Morgan fingerprint density at radius 1 is 1.14 bits per heavy atom. The van der Waals surface area contributed by atoms with E-state index in [9.17, 15) is 14.4 Å². The Morgan fingerprint density at radius 2 is 1.91 bits per heavy atom. The van der Waals surface area contributed by atoms with Gasteiger partial charge < -0.3 is 20.3 Å². The van der Waals surface area contributed by atoms with Crippen molar-refractivity contribution in [1.82, 2.24) is 10.2 Å². The van der Waals surface area contributed by atoms with Gasteiger partial charge in [-0.2, -0.15) is 0 Å². The predicted octanol–water partition coefficient (Wildman–Crippen LogP) is 2.40. The van der Waals surface area contributed by atoms with Crippen LogP contribution in [-0.4, -0.2) is 67.1 Å². The van der Waals surface area contributed by atoms with Gasteiger partial charge in [-0.25, -0.2) is 0 Å². The van der Waals surface area contributed by atoms with Crippen molar-refractivity contribution in [2.24, 2.45) is 5.92 Å². The molecule has 2 fully saturated rings. The highest BCUT2D eigenvalue weighted by molar-refractivity contribution is 5.97. The number of benzene rings is 1. The van der Waals surface area contributed by atoms with E-state index in [1.54, 1.807) is 4.90 Å². The number of fused-ring (bicyclic) bond motifs is 1. The molecule has 1 aromatic rings. The summed E-state index contributed by atoms with van der Waals surface area (Å²) >= 11 is 0. The molecule has 2 N–H and O–H groups in total. The molecule has 3 aliphatic heterocycles. The van der Waals surface area contributed by atoms with Crippen LogP contribution in [0.5, 0.6) is 0 Å². The van der Waals surface area contributed by atoms with Gasteiger partial charge in [0.05, 0.1) is 6.04 Å². The van der Waals surface area contributed by atoms with Crippen LogP contribution in [0.3, 0.4) is 0 Å². The smallest absolute Gasteiger partial charge is 0.253 e. The van der Waals surface area contributed by atoms with Gasteiger partial charge in [0.2, 0.25) is 11.8 Å². The summed E-state index contributed by atoms with van der Waals surface area (Å²) in [7, 11) is 0. The SMILES string of the molecule is CC(C(=O)Nc1ccc(N2CC(CNC(=O)C3C=C4C=CC=CC4O3)CC2=O)cc1)N1CCCC1. The van der Waals surface area contributed by atoms with Crippen molar-refractivity contribution in [2.75, 3.05) is 36.4 Å². The van der Waals surface area contributed by atoms with Crippen molar-refractivity contribution in [1.29, 1.82) is 0 Å². The summed E-state index contributed by atoms with van der Waals surface area (Å²) in [5, 5.41) is 5.92. The lowest BCUT2D eigenvalue weighted by Crippen LogP contribution is -2.40. The quantitative estimate of drug-likeness (QED) is 0.631. The summed E-state index contributed by atoms with van der Waals surface area (Å²) in [6.07, 6.45) is 11.5. The topological polar surface area (TPSA) is 91.0 Å². The minimum absolute atomic E-state index is 0.0131. The Bertz CT molecular complexity index is 1070. The fourth-order valence-corrected chi connectivity index (χ4v) is 5.10. The lowest BCUT2D eigenvalue weighted by Gasteiger charge is -2.23. The van der Waals surface area contributed by atoms with E-state index < -0.39 is 6.10 Å². The van der Waals surface area contributed by atoms with Crippen LogP contribution in [0.15, 0.2) is 60.2 Å². The highest BCUT2D eigenvalue weighted by Gasteiger charge is 2.33. The van der Waals surface area contributed by atoms with Crippen LogP contribution in [0.2, 0.25) is 0 Å². The summed E-state index contributed by atoms with van der Waals surface area (Å²) in [6.45, 7) is 4.83. The molecule has 3 heterocycles. The number of amides is 3. The molecule has 35 heavy (non-hydrogen) atoms. The number of ether oxygens (including phenoxy) is 1. The van der Waals surface area contributed by atoms with Crippen LogP contribution in [0, 0.1) is 5.92 Å². The fraction of sp³-hybridized carbons (Fsp3) is 0.444. The van der Waals surface area contributed by atoms with Gasteiger partial charge in [0.1, 0.15) is 6.10 Å². The molecule has 4 atom stereocenters. The van der Waals surface area contributed by atoms with E-state index in [-0.39, 0.29) is 35.8 Å². The Kier molecular flexibility index (Phi) is 6.83. The van der Waals surface area contributed by atoms with Crippen LogP contribution in [0.25, 0.3) is 0 Å². The minimum atomic E-state index is -0.605. The Morgan fingerprint density at radius 3 is 2.66 bits per heavy atom. The number of nitrogens with zero attached hydrogens (tertiary/aromatic N) is 2. The Labute approximate surface area is 205 Å². The van der Waals surface area contributed by atoms with E-state index in [4.69, 9.17) is 4.74 Å². The zero-order valence-corrected chi connectivity index (χ0v) is 20.0. The molecule has 1 aliphatic carbocycles. The number of rotatable bonds is 7. The summed E-state index contributed by atoms with van der Waals surface area (Å²) in [6, 6.07) is 7.22. The number of hydrogen-bond donors (Lipinski definition) is 2. The molecule has 1 aromatic carbocycles. The largest absolute Gasteiger partial charge is 0.353 e. The number of anilines is 2. The predicted molar refractivity (Wildman–Crippen MR) is 134 cm³/mol. The molecule has 4 aliphatic rings. The monoisotopic (exact) mass is 476 g/mol. The minimum Gasteiger partial charge on any atom is -0.353 e. The molecular weight excluding hydrogens is 444 g/mol. The van der Waals surface area contributed by atoms with Crippen LogP contribution in [0.4, 0.5) is 11.4 Å². The second-order valence-corrected chi connectivity index (χ2v) is 9.66. The van der Waals surface area contributed by atoms with Gasteiger partial charge in [0.25, 0.3) is 5.91 Å². The average Bonchev–Trinajstić information content (AvgIpc) is 3.62. The lowest BCUT2D eigenvalue weighted by atomic mass is 10.1. The number of allylic oxidation sites excluding steroid dienone is 2. The zero-order valence-electron chi connectivity index (χ0n) is 20.0. The Balaban J connectivity index is 1.11. The van der Waals surface area contributed by atoms with Crippen molar-refractivity contribution in [2.45, 2.75) is 44.4 Å². The van der Waals surface area contributed by atoms with E-state index in [1.165, 1.54) is 0 Å². The van der Waals surface area contributed by atoms with E-state index in [0.29, 0.717) is 19.5 Å². The fourth-order valence-electron chi connectivity index (χ4n) is 5.10. The van der Waals surface area contributed by atoms with Gasteiger partial charge in [-0.3, -0.25) is 19.3 Å². The third kappa shape index (κ3) is 5.23. The van der Waals surface area contributed by atoms with Gasteiger partial charge in [-0.1, -0.05) is 24.3 Å². The molecule has 5 rings (SSSR count). The molecule has 0 radical (unpaired) electrons. The molecule has 8 nitrogen and oxygen atoms in total. The maximum atomic E-state index is 12.6. The second-order valence-electron chi connectivity index (χ2n) is 9.66. The third-order valence-electron chi connectivity index (χ3n) is 7.19. The maximum absolute atomic E-state index is 12.6. The molecule has 4 unspecified atom stereocenters. The highest BCUT2D eigenvalue weighted by atomic mass is 16.5. The number of carbonyl (C=O) groups is 3. The van der Waals surface area contributed by atoms with E-state index in [1.807, 2.05) is 61.6 Å². The van der Waals surface area contributed by atoms with Gasteiger partial charge in [0.15, 0.2) is 6.10 Å². The summed E-state index contributed by atoms with van der Waals surface area (Å²) in [5.74, 6) is -0.128. The summed E-state index contributed by atoms with van der Waals surface area (Å²) in [5.41, 5.74) is 2.51. The molecule has 184 valence electrons. The zero-order chi connectivity index (χ0) is 24.4. The third-order valence-corrected chi connectivity index (χ3v) is 7.19. The van der Waals surface area contributed by atoms with Gasteiger partial charge in [-0.05, 0) is 68.8 Å². The van der Waals surface area contributed by atoms with Gasteiger partial charge >= 0.3 is 0 Å². The summed E-state index contributed by atoms with van der Waals surface area (Å²) < 4.78 is 5.78. The van der Waals surface area contributed by atoms with E-state index >= 15 is 0 Å². The molecule has 0 bridgehead atoms. The lowest BCUT2D eigenvalue weighted by molar-refractivity contribution is -0.130. The van der Waals surface area contributed by atoms with Crippen molar-refractivity contribution in [3.8, 4) is 0 Å². The molecule has 0 spiro atoms.